The van der Waals surface area contributed by atoms with E-state index in [4.69, 9.17) is 5.11 Å². The highest BCUT2D eigenvalue weighted by molar-refractivity contribution is 5.90. The molecule has 1 atom stereocenters. The van der Waals surface area contributed by atoms with Crippen molar-refractivity contribution < 1.29 is 19.8 Å². The van der Waals surface area contributed by atoms with Crippen molar-refractivity contribution in [3.63, 3.8) is 0 Å². The molecule has 0 spiro atoms. The number of rotatable bonds is 10. The van der Waals surface area contributed by atoms with E-state index in [1.807, 2.05) is 6.92 Å². The molecule has 0 aromatic heterocycles. The van der Waals surface area contributed by atoms with Crippen LogP contribution in [0.25, 0.3) is 0 Å². The van der Waals surface area contributed by atoms with Crippen LogP contribution in [0.4, 0.5) is 0 Å². The van der Waals surface area contributed by atoms with Crippen molar-refractivity contribution in [1.29, 1.82) is 0 Å². The third kappa shape index (κ3) is 5.19. The fourth-order valence-corrected chi connectivity index (χ4v) is 2.36. The zero-order chi connectivity index (χ0) is 15.8. The number of hydrogen-bond acceptors (Lipinski definition) is 2. The minimum Gasteiger partial charge on any atom is -0.478 e. The molecule has 0 aliphatic heterocycles. The third-order valence-electron chi connectivity index (χ3n) is 3.80. The highest BCUT2D eigenvalue weighted by atomic mass is 16.4. The lowest BCUT2D eigenvalue weighted by molar-refractivity contribution is -0.134. The van der Waals surface area contributed by atoms with Crippen LogP contribution < -0.4 is 0 Å². The molecule has 0 aromatic carbocycles. The molecular formula is C16H26O4. The average molecular weight is 282 g/mol. The molecule has 0 fully saturated rings. The summed E-state index contributed by atoms with van der Waals surface area (Å²) in [7, 11) is 0. The van der Waals surface area contributed by atoms with Crippen LogP contribution in [0.15, 0.2) is 23.8 Å². The maximum atomic E-state index is 11.3. The summed E-state index contributed by atoms with van der Waals surface area (Å²) < 4.78 is 0. The maximum Gasteiger partial charge on any atom is 0.331 e. The highest BCUT2D eigenvalue weighted by Crippen LogP contribution is 2.39. The SMILES string of the molecule is C=C(C(=O)O)C(C=C(C)C(=O)O)(CC)CCCCCC. The number of carbonyl (C=O) groups is 2. The summed E-state index contributed by atoms with van der Waals surface area (Å²) in [5.74, 6) is -2.08. The van der Waals surface area contributed by atoms with Crippen molar-refractivity contribution in [3.05, 3.63) is 23.8 Å². The van der Waals surface area contributed by atoms with Gasteiger partial charge in [0.15, 0.2) is 0 Å². The second-order valence-corrected chi connectivity index (χ2v) is 5.24. The van der Waals surface area contributed by atoms with Gasteiger partial charge in [-0.25, -0.2) is 9.59 Å². The van der Waals surface area contributed by atoms with Crippen molar-refractivity contribution in [2.75, 3.05) is 0 Å². The molecule has 114 valence electrons. The Morgan fingerprint density at radius 1 is 1.10 bits per heavy atom. The van der Waals surface area contributed by atoms with Gasteiger partial charge in [-0.05, 0) is 19.8 Å². The molecular weight excluding hydrogens is 256 g/mol. The molecule has 0 radical (unpaired) electrons. The zero-order valence-electron chi connectivity index (χ0n) is 12.7. The Bertz CT molecular complexity index is 395. The number of carboxylic acid groups (broad SMARTS) is 2. The molecule has 0 aromatic rings. The molecule has 0 bridgehead atoms. The Balaban J connectivity index is 5.28. The predicted molar refractivity (Wildman–Crippen MR) is 79.7 cm³/mol. The van der Waals surface area contributed by atoms with Crippen molar-refractivity contribution in [2.24, 2.45) is 5.41 Å². The van der Waals surface area contributed by atoms with Crippen LogP contribution in [-0.4, -0.2) is 22.2 Å². The Morgan fingerprint density at radius 2 is 1.70 bits per heavy atom. The summed E-state index contributed by atoms with van der Waals surface area (Å²) in [6.45, 7) is 9.15. The molecule has 0 amide bonds. The first kappa shape index (κ1) is 18.4. The molecule has 4 nitrogen and oxygen atoms in total. The molecule has 0 heterocycles. The van der Waals surface area contributed by atoms with E-state index in [2.05, 4.69) is 13.5 Å². The Hall–Kier alpha value is -1.58. The summed E-state index contributed by atoms with van der Waals surface area (Å²) in [6.07, 6.45) is 6.82. The summed E-state index contributed by atoms with van der Waals surface area (Å²) >= 11 is 0. The highest BCUT2D eigenvalue weighted by Gasteiger charge is 2.33. The molecule has 0 aliphatic carbocycles. The lowest BCUT2D eigenvalue weighted by Crippen LogP contribution is -2.26. The molecule has 0 rings (SSSR count). The number of aliphatic carboxylic acids is 2. The monoisotopic (exact) mass is 282 g/mol. The van der Waals surface area contributed by atoms with Crippen LogP contribution in [0.1, 0.15) is 59.3 Å². The molecule has 20 heavy (non-hydrogen) atoms. The number of unbranched alkanes of at least 4 members (excludes halogenated alkanes) is 3. The van der Waals surface area contributed by atoms with Crippen LogP contribution in [0.2, 0.25) is 0 Å². The molecule has 0 saturated carbocycles. The van der Waals surface area contributed by atoms with Crippen molar-refractivity contribution in [3.8, 4) is 0 Å². The smallest absolute Gasteiger partial charge is 0.331 e. The van der Waals surface area contributed by atoms with Gasteiger partial charge in [-0.2, -0.15) is 0 Å². The number of allylic oxidation sites excluding steroid dienone is 1. The van der Waals surface area contributed by atoms with Crippen molar-refractivity contribution in [2.45, 2.75) is 59.3 Å². The Morgan fingerprint density at radius 3 is 2.10 bits per heavy atom. The lowest BCUT2D eigenvalue weighted by atomic mass is 9.73. The van der Waals surface area contributed by atoms with Crippen LogP contribution in [0, 0.1) is 5.41 Å². The van der Waals surface area contributed by atoms with E-state index in [-0.39, 0.29) is 11.1 Å². The van der Waals surface area contributed by atoms with Gasteiger partial charge in [0.1, 0.15) is 0 Å². The quantitative estimate of drug-likeness (QED) is 0.468. The fraction of sp³-hybridized carbons (Fsp3) is 0.625. The van der Waals surface area contributed by atoms with E-state index in [1.165, 1.54) is 6.92 Å². The third-order valence-corrected chi connectivity index (χ3v) is 3.80. The summed E-state index contributed by atoms with van der Waals surface area (Å²) in [5.41, 5.74) is -0.510. The first-order valence-corrected chi connectivity index (χ1v) is 7.16. The van der Waals surface area contributed by atoms with E-state index in [0.29, 0.717) is 12.8 Å². The van der Waals surface area contributed by atoms with Gasteiger partial charge >= 0.3 is 11.9 Å². The van der Waals surface area contributed by atoms with Crippen LogP contribution in [0.5, 0.6) is 0 Å². The van der Waals surface area contributed by atoms with Crippen molar-refractivity contribution >= 4 is 11.9 Å². The Kier molecular flexibility index (Phi) is 7.89. The molecule has 4 heteroatoms. The molecule has 0 saturated heterocycles. The standard InChI is InChI=1S/C16H26O4/c1-5-7-8-9-10-16(6-2,13(4)15(19)20)11-12(3)14(17)18/h11H,4-10H2,1-3H3,(H,17,18)(H,19,20). The summed E-state index contributed by atoms with van der Waals surface area (Å²) in [5, 5.41) is 18.3. The van der Waals surface area contributed by atoms with Crippen LogP contribution in [0.3, 0.4) is 0 Å². The molecule has 1 unspecified atom stereocenters. The van der Waals surface area contributed by atoms with E-state index in [0.717, 1.165) is 25.7 Å². The van der Waals surface area contributed by atoms with E-state index in [9.17, 15) is 14.7 Å². The maximum absolute atomic E-state index is 11.3. The lowest BCUT2D eigenvalue weighted by Gasteiger charge is -2.30. The topological polar surface area (TPSA) is 74.6 Å². The second kappa shape index (κ2) is 8.56. The van der Waals surface area contributed by atoms with Gasteiger partial charge in [-0.1, -0.05) is 52.2 Å². The fourth-order valence-electron chi connectivity index (χ4n) is 2.36. The minimum absolute atomic E-state index is 0.0806. The van der Waals surface area contributed by atoms with Gasteiger partial charge in [0, 0.05) is 16.6 Å². The zero-order valence-corrected chi connectivity index (χ0v) is 12.7. The van der Waals surface area contributed by atoms with Crippen molar-refractivity contribution in [1.82, 2.24) is 0 Å². The van der Waals surface area contributed by atoms with Gasteiger partial charge < -0.3 is 10.2 Å². The first-order chi connectivity index (χ1) is 9.30. The van der Waals surface area contributed by atoms with Crippen LogP contribution in [-0.2, 0) is 9.59 Å². The van der Waals surface area contributed by atoms with Crippen LogP contribution >= 0.6 is 0 Å². The largest absolute Gasteiger partial charge is 0.478 e. The average Bonchev–Trinajstić information content (AvgIpc) is 2.41. The first-order valence-electron chi connectivity index (χ1n) is 7.16. The Labute approximate surface area is 121 Å². The number of hydrogen-bond donors (Lipinski definition) is 2. The summed E-state index contributed by atoms with van der Waals surface area (Å²) in [6, 6.07) is 0. The summed E-state index contributed by atoms with van der Waals surface area (Å²) in [4.78, 5) is 22.3. The van der Waals surface area contributed by atoms with E-state index < -0.39 is 17.4 Å². The van der Waals surface area contributed by atoms with Gasteiger partial charge in [0.05, 0.1) is 0 Å². The van der Waals surface area contributed by atoms with Gasteiger partial charge in [-0.15, -0.1) is 0 Å². The number of carboxylic acids is 2. The van der Waals surface area contributed by atoms with Gasteiger partial charge in [0.25, 0.3) is 0 Å². The normalized spacial score (nSPS) is 14.7. The predicted octanol–water partition coefficient (Wildman–Crippen LogP) is 4.02. The second-order valence-electron chi connectivity index (χ2n) is 5.24. The minimum atomic E-state index is -1.06. The molecule has 0 aliphatic rings. The van der Waals surface area contributed by atoms with E-state index >= 15 is 0 Å². The molecule has 2 N–H and O–H groups in total. The van der Waals surface area contributed by atoms with Gasteiger partial charge in [0.2, 0.25) is 0 Å². The van der Waals surface area contributed by atoms with E-state index in [1.54, 1.807) is 6.08 Å². The van der Waals surface area contributed by atoms with Gasteiger partial charge in [-0.3, -0.25) is 0 Å².